The van der Waals surface area contributed by atoms with Crippen molar-refractivity contribution in [3.8, 4) is 5.75 Å². The second-order valence-electron chi connectivity index (χ2n) is 4.41. The van der Waals surface area contributed by atoms with E-state index in [0.717, 1.165) is 11.3 Å². The first-order valence-corrected chi connectivity index (χ1v) is 6.08. The zero-order valence-electron chi connectivity index (χ0n) is 11.3. The van der Waals surface area contributed by atoms with E-state index in [1.165, 1.54) is 17.8 Å². The monoisotopic (exact) mass is 274 g/mol. The van der Waals surface area contributed by atoms with E-state index in [2.05, 4.69) is 5.10 Å². The van der Waals surface area contributed by atoms with Gasteiger partial charge in [-0.1, -0.05) is 12.1 Å². The maximum absolute atomic E-state index is 11.4. The predicted molar refractivity (Wildman–Crippen MR) is 74.2 cm³/mol. The topological polar surface area (TPSA) is 84.6 Å². The van der Waals surface area contributed by atoms with Gasteiger partial charge < -0.3 is 14.8 Å². The first kappa shape index (κ1) is 14.3. The summed E-state index contributed by atoms with van der Waals surface area (Å²) in [5.41, 5.74) is 1.15. The average Bonchev–Trinajstić information content (AvgIpc) is 2.84. The lowest BCUT2D eigenvalue weighted by molar-refractivity contribution is 0.101. The minimum atomic E-state index is -1.71. The van der Waals surface area contributed by atoms with Crippen LogP contribution in [0.2, 0.25) is 0 Å². The zero-order valence-corrected chi connectivity index (χ0v) is 11.3. The van der Waals surface area contributed by atoms with Gasteiger partial charge in [0, 0.05) is 18.6 Å². The Balaban J connectivity index is 2.24. The first-order valence-electron chi connectivity index (χ1n) is 6.08. The molecule has 0 aliphatic carbocycles. The number of Topliss-reactive ketones (excluding diaryl/α,β-unsaturated/α-hetero) is 1. The van der Waals surface area contributed by atoms with E-state index in [1.807, 2.05) is 24.3 Å². The van der Waals surface area contributed by atoms with Gasteiger partial charge in [-0.2, -0.15) is 5.10 Å². The van der Waals surface area contributed by atoms with Gasteiger partial charge in [-0.25, -0.2) is 0 Å². The molecule has 0 bridgehead atoms. The molecule has 0 aliphatic rings. The minimum absolute atomic E-state index is 0.0773. The fraction of sp³-hybridized carbons (Fsp3) is 0.231. The molecule has 0 saturated carbocycles. The highest BCUT2D eigenvalue weighted by atomic mass is 16.5. The van der Waals surface area contributed by atoms with E-state index in [1.54, 1.807) is 7.11 Å². The fourth-order valence-electron chi connectivity index (χ4n) is 1.90. The Morgan fingerprint density at radius 1 is 1.35 bits per heavy atom. The molecule has 104 valence electrons. The molecule has 20 heavy (non-hydrogen) atoms. The third-order valence-corrected chi connectivity index (χ3v) is 2.91. The number of ketones is 1. The highest BCUT2D eigenvalue weighted by Crippen LogP contribution is 2.12. The second-order valence-corrected chi connectivity index (χ2v) is 4.41. The van der Waals surface area contributed by atoms with E-state index in [9.17, 15) is 14.8 Å². The van der Waals surface area contributed by atoms with Crippen LogP contribution in [0.25, 0.3) is 0 Å². The molecule has 0 amide bonds. The van der Waals surface area contributed by atoms with Crippen LogP contribution in [0.5, 0.6) is 5.75 Å². The summed E-state index contributed by atoms with van der Waals surface area (Å²) in [6, 6.07) is 7.41. The van der Waals surface area contributed by atoms with Gasteiger partial charge in [0.25, 0.3) is 0 Å². The third kappa shape index (κ3) is 3.07. The SMILES string of the molecule is COc1ccc(Cn2cc(B(O)O)c(C(C)=O)n2)cc1. The quantitative estimate of drug-likeness (QED) is 0.583. The number of methoxy groups -OCH3 is 1. The van der Waals surface area contributed by atoms with Crippen molar-refractivity contribution in [2.75, 3.05) is 7.11 Å². The van der Waals surface area contributed by atoms with Gasteiger partial charge in [0.1, 0.15) is 11.4 Å². The molecule has 1 aromatic carbocycles. The van der Waals surface area contributed by atoms with Gasteiger partial charge in [0.2, 0.25) is 0 Å². The van der Waals surface area contributed by atoms with Crippen LogP contribution >= 0.6 is 0 Å². The molecule has 7 heteroatoms. The molecular weight excluding hydrogens is 259 g/mol. The summed E-state index contributed by atoms with van der Waals surface area (Å²) in [6.07, 6.45) is 1.46. The van der Waals surface area contributed by atoms with Crippen molar-refractivity contribution < 1.29 is 19.6 Å². The summed E-state index contributed by atoms with van der Waals surface area (Å²) in [5.74, 6) is 0.451. The number of hydrogen-bond acceptors (Lipinski definition) is 5. The van der Waals surface area contributed by atoms with Crippen LogP contribution in [0.15, 0.2) is 30.5 Å². The van der Waals surface area contributed by atoms with Gasteiger partial charge in [0.15, 0.2) is 5.78 Å². The predicted octanol–water partition coefficient (Wildman–Crippen LogP) is -0.178. The molecule has 0 fully saturated rings. The number of hydrogen-bond donors (Lipinski definition) is 2. The Hall–Kier alpha value is -2.12. The van der Waals surface area contributed by atoms with E-state index >= 15 is 0 Å². The van der Waals surface area contributed by atoms with Crippen LogP contribution in [0.4, 0.5) is 0 Å². The van der Waals surface area contributed by atoms with Gasteiger partial charge in [-0.15, -0.1) is 0 Å². The van der Waals surface area contributed by atoms with Crippen LogP contribution in [0, 0.1) is 0 Å². The van der Waals surface area contributed by atoms with Crippen molar-refractivity contribution in [2.45, 2.75) is 13.5 Å². The fourth-order valence-corrected chi connectivity index (χ4v) is 1.90. The summed E-state index contributed by atoms with van der Waals surface area (Å²) < 4.78 is 6.58. The van der Waals surface area contributed by atoms with Crippen LogP contribution in [-0.4, -0.2) is 39.8 Å². The Morgan fingerprint density at radius 2 is 2.00 bits per heavy atom. The highest BCUT2D eigenvalue weighted by molar-refractivity contribution is 6.60. The molecule has 1 aromatic heterocycles. The van der Waals surface area contributed by atoms with Crippen molar-refractivity contribution in [3.05, 3.63) is 41.7 Å². The Morgan fingerprint density at radius 3 is 2.45 bits per heavy atom. The largest absolute Gasteiger partial charge is 0.497 e. The number of carbonyl (C=O) groups excluding carboxylic acids is 1. The lowest BCUT2D eigenvalue weighted by Crippen LogP contribution is -2.32. The maximum atomic E-state index is 11.4. The molecule has 0 spiro atoms. The normalized spacial score (nSPS) is 10.4. The molecular formula is C13H15BN2O4. The molecule has 0 aliphatic heterocycles. The van der Waals surface area contributed by atoms with Crippen molar-refractivity contribution in [1.82, 2.24) is 9.78 Å². The second kappa shape index (κ2) is 5.89. The van der Waals surface area contributed by atoms with Crippen molar-refractivity contribution >= 4 is 18.4 Å². The Labute approximate surface area is 116 Å². The number of aromatic nitrogens is 2. The molecule has 1 heterocycles. The van der Waals surface area contributed by atoms with Crippen LogP contribution in [0.3, 0.4) is 0 Å². The summed E-state index contributed by atoms with van der Waals surface area (Å²) in [4.78, 5) is 11.4. The summed E-state index contributed by atoms with van der Waals surface area (Å²) in [7, 11) is -0.116. The number of benzene rings is 1. The maximum Gasteiger partial charge on any atom is 0.492 e. The number of nitrogens with zero attached hydrogens (tertiary/aromatic N) is 2. The van der Waals surface area contributed by atoms with Gasteiger partial charge in [0.05, 0.1) is 13.7 Å². The number of carbonyl (C=O) groups is 1. The van der Waals surface area contributed by atoms with E-state index in [4.69, 9.17) is 4.74 Å². The van der Waals surface area contributed by atoms with Crippen LogP contribution in [-0.2, 0) is 6.54 Å². The molecule has 2 rings (SSSR count). The zero-order chi connectivity index (χ0) is 14.7. The van der Waals surface area contributed by atoms with Gasteiger partial charge in [-0.3, -0.25) is 9.48 Å². The first-order chi connectivity index (χ1) is 9.51. The van der Waals surface area contributed by atoms with Crippen LogP contribution in [0.1, 0.15) is 23.0 Å². The Bertz CT molecular complexity index is 607. The molecule has 0 radical (unpaired) electrons. The van der Waals surface area contributed by atoms with Gasteiger partial charge >= 0.3 is 7.12 Å². The minimum Gasteiger partial charge on any atom is -0.497 e. The van der Waals surface area contributed by atoms with Gasteiger partial charge in [-0.05, 0) is 17.7 Å². The van der Waals surface area contributed by atoms with E-state index in [0.29, 0.717) is 6.54 Å². The van der Waals surface area contributed by atoms with E-state index < -0.39 is 7.12 Å². The lowest BCUT2D eigenvalue weighted by Gasteiger charge is -2.03. The van der Waals surface area contributed by atoms with Crippen molar-refractivity contribution in [3.63, 3.8) is 0 Å². The van der Waals surface area contributed by atoms with Crippen molar-refractivity contribution in [1.29, 1.82) is 0 Å². The van der Waals surface area contributed by atoms with E-state index in [-0.39, 0.29) is 16.9 Å². The van der Waals surface area contributed by atoms with Crippen molar-refractivity contribution in [2.24, 2.45) is 0 Å². The highest BCUT2D eigenvalue weighted by Gasteiger charge is 2.22. The molecule has 2 aromatic rings. The third-order valence-electron chi connectivity index (χ3n) is 2.91. The number of rotatable bonds is 5. The summed E-state index contributed by atoms with van der Waals surface area (Å²) in [6.45, 7) is 1.77. The molecule has 6 nitrogen and oxygen atoms in total. The standard InChI is InChI=1S/C13H15BN2O4/c1-9(17)13-12(14(18)19)8-16(15-13)7-10-3-5-11(20-2)6-4-10/h3-6,8,18-19H,7H2,1-2H3. The lowest BCUT2D eigenvalue weighted by atomic mass is 9.80. The smallest absolute Gasteiger partial charge is 0.492 e. The molecule has 0 saturated heterocycles. The molecule has 0 unspecified atom stereocenters. The summed E-state index contributed by atoms with van der Waals surface area (Å²) >= 11 is 0. The summed E-state index contributed by atoms with van der Waals surface area (Å²) in [5, 5.41) is 22.6. The average molecular weight is 274 g/mol. The Kier molecular flexibility index (Phi) is 4.21. The number of ether oxygens (including phenoxy) is 1. The molecule has 2 N–H and O–H groups in total. The van der Waals surface area contributed by atoms with Crippen LogP contribution < -0.4 is 10.2 Å². The molecule has 0 atom stereocenters.